The first-order valence-electron chi connectivity index (χ1n) is 10.0. The second kappa shape index (κ2) is 9.74. The Balaban J connectivity index is 1.35. The summed E-state index contributed by atoms with van der Waals surface area (Å²) in [6.45, 7) is 9.20. The lowest BCUT2D eigenvalue weighted by Crippen LogP contribution is -2.53. The third-order valence-corrected chi connectivity index (χ3v) is 5.59. The average Bonchev–Trinajstić information content (AvgIpc) is 2.70. The van der Waals surface area contributed by atoms with Crippen LogP contribution < -0.4 is 10.6 Å². The number of hydrogen-bond acceptors (Lipinski definition) is 3. The first kappa shape index (κ1) is 19.7. The molecule has 1 aromatic carbocycles. The highest BCUT2D eigenvalue weighted by Crippen LogP contribution is 2.15. The van der Waals surface area contributed by atoms with Gasteiger partial charge in [0.2, 0.25) is 5.91 Å². The summed E-state index contributed by atoms with van der Waals surface area (Å²) in [5, 5.41) is 6.41. The van der Waals surface area contributed by atoms with E-state index in [0.29, 0.717) is 32.6 Å². The van der Waals surface area contributed by atoms with Crippen molar-refractivity contribution in [2.75, 3.05) is 45.8 Å². The van der Waals surface area contributed by atoms with Crippen LogP contribution in [0.3, 0.4) is 0 Å². The van der Waals surface area contributed by atoms with E-state index in [1.807, 2.05) is 34.1 Å². The van der Waals surface area contributed by atoms with Gasteiger partial charge in [-0.1, -0.05) is 24.3 Å². The van der Waals surface area contributed by atoms with Gasteiger partial charge in [-0.25, -0.2) is 4.79 Å². The monoisotopic (exact) mass is 371 g/mol. The molecular formula is C21H31N4O2. The second-order valence-corrected chi connectivity index (χ2v) is 7.58. The van der Waals surface area contributed by atoms with Crippen molar-refractivity contribution < 1.29 is 9.59 Å². The molecule has 0 bridgehead atoms. The molecule has 0 aliphatic carbocycles. The normalized spacial score (nSPS) is 18.4. The van der Waals surface area contributed by atoms with Gasteiger partial charge in [0.05, 0.1) is 6.42 Å². The number of hydrogen-bond donors (Lipinski definition) is 2. The maximum atomic E-state index is 12.5. The van der Waals surface area contributed by atoms with Crippen LogP contribution in [0, 0.1) is 12.8 Å². The molecule has 2 aliphatic rings. The van der Waals surface area contributed by atoms with E-state index in [1.165, 1.54) is 12.8 Å². The Labute approximate surface area is 162 Å². The summed E-state index contributed by atoms with van der Waals surface area (Å²) in [5.41, 5.74) is 1.96. The summed E-state index contributed by atoms with van der Waals surface area (Å²) in [5.74, 6) is 0.844. The van der Waals surface area contributed by atoms with Crippen molar-refractivity contribution in [1.29, 1.82) is 0 Å². The molecule has 3 rings (SSSR count). The van der Waals surface area contributed by atoms with Crippen molar-refractivity contribution in [3.63, 3.8) is 0 Å². The lowest BCUT2D eigenvalue weighted by Gasteiger charge is -2.35. The van der Waals surface area contributed by atoms with E-state index >= 15 is 0 Å². The summed E-state index contributed by atoms with van der Waals surface area (Å²) in [4.78, 5) is 28.5. The Hall–Kier alpha value is -2.08. The summed E-state index contributed by atoms with van der Waals surface area (Å²) in [6, 6.07) is 7.75. The molecule has 1 aromatic rings. The molecule has 2 N–H and O–H groups in total. The van der Waals surface area contributed by atoms with Crippen LogP contribution in [-0.4, -0.2) is 67.6 Å². The number of amides is 3. The first-order chi connectivity index (χ1) is 13.1. The van der Waals surface area contributed by atoms with Crippen molar-refractivity contribution in [2.24, 2.45) is 5.92 Å². The summed E-state index contributed by atoms with van der Waals surface area (Å²) in [7, 11) is 0. The molecule has 2 saturated heterocycles. The lowest BCUT2D eigenvalue weighted by molar-refractivity contribution is -0.131. The van der Waals surface area contributed by atoms with E-state index in [-0.39, 0.29) is 11.9 Å². The van der Waals surface area contributed by atoms with Crippen LogP contribution >= 0.6 is 0 Å². The van der Waals surface area contributed by atoms with Crippen molar-refractivity contribution >= 4 is 11.9 Å². The quantitative estimate of drug-likeness (QED) is 0.827. The number of benzene rings is 1. The molecule has 1 radical (unpaired) electrons. The van der Waals surface area contributed by atoms with Gasteiger partial charge < -0.3 is 20.4 Å². The van der Waals surface area contributed by atoms with Crippen LogP contribution in [0.2, 0.25) is 0 Å². The van der Waals surface area contributed by atoms with E-state index in [9.17, 15) is 9.59 Å². The Morgan fingerprint density at radius 1 is 1.04 bits per heavy atom. The largest absolute Gasteiger partial charge is 0.339 e. The fraction of sp³-hybridized carbons (Fsp3) is 0.571. The number of carbonyl (C=O) groups excluding carboxylic acids is 2. The van der Waals surface area contributed by atoms with Crippen molar-refractivity contribution in [3.05, 3.63) is 42.3 Å². The minimum atomic E-state index is 0.00191. The minimum Gasteiger partial charge on any atom is -0.339 e. The smallest absolute Gasteiger partial charge is 0.317 e. The number of carbonyl (C=O) groups is 2. The number of nitrogens with one attached hydrogen (secondary N) is 2. The summed E-state index contributed by atoms with van der Waals surface area (Å²) < 4.78 is 0. The molecule has 6 heteroatoms. The van der Waals surface area contributed by atoms with E-state index in [0.717, 1.165) is 43.1 Å². The number of piperidine rings is 1. The Morgan fingerprint density at radius 3 is 2.33 bits per heavy atom. The molecule has 2 heterocycles. The number of rotatable bonds is 5. The third kappa shape index (κ3) is 5.96. The van der Waals surface area contributed by atoms with E-state index in [1.54, 1.807) is 0 Å². The van der Waals surface area contributed by atoms with Gasteiger partial charge in [-0.2, -0.15) is 0 Å². The molecular weight excluding hydrogens is 340 g/mol. The molecule has 3 amide bonds. The van der Waals surface area contributed by atoms with Gasteiger partial charge in [-0.3, -0.25) is 4.79 Å². The highest BCUT2D eigenvalue weighted by atomic mass is 16.2. The van der Waals surface area contributed by atoms with Crippen LogP contribution in [0.25, 0.3) is 0 Å². The first-order valence-corrected chi connectivity index (χ1v) is 10.0. The van der Waals surface area contributed by atoms with Gasteiger partial charge in [0.1, 0.15) is 0 Å². The minimum absolute atomic E-state index is 0.00191. The summed E-state index contributed by atoms with van der Waals surface area (Å²) >= 11 is 0. The fourth-order valence-electron chi connectivity index (χ4n) is 3.77. The fourth-order valence-corrected chi connectivity index (χ4v) is 3.77. The van der Waals surface area contributed by atoms with Crippen LogP contribution in [0.4, 0.5) is 4.79 Å². The lowest BCUT2D eigenvalue weighted by atomic mass is 9.95. The molecule has 27 heavy (non-hydrogen) atoms. The SMILES string of the molecule is [CH2]c1ccc(CC(=O)N2CCN(C(=O)NCCC3CCNCC3)CC2)cc1. The van der Waals surface area contributed by atoms with Crippen molar-refractivity contribution in [2.45, 2.75) is 25.7 Å². The number of piperazine rings is 1. The zero-order chi connectivity index (χ0) is 19.1. The molecule has 6 nitrogen and oxygen atoms in total. The van der Waals surface area contributed by atoms with E-state index in [2.05, 4.69) is 17.6 Å². The Morgan fingerprint density at radius 2 is 1.67 bits per heavy atom. The van der Waals surface area contributed by atoms with Gasteiger partial charge in [-0.05, 0) is 56.3 Å². The Kier molecular flexibility index (Phi) is 7.10. The average molecular weight is 372 g/mol. The Bertz CT molecular complexity index is 618. The second-order valence-electron chi connectivity index (χ2n) is 7.58. The predicted octanol–water partition coefficient (Wildman–Crippen LogP) is 1.65. The molecule has 2 aliphatic heterocycles. The van der Waals surface area contributed by atoms with Crippen LogP contribution in [0.5, 0.6) is 0 Å². The maximum Gasteiger partial charge on any atom is 0.317 e. The van der Waals surface area contributed by atoms with Crippen LogP contribution in [0.1, 0.15) is 30.4 Å². The molecule has 0 saturated carbocycles. The molecule has 0 spiro atoms. The summed E-state index contributed by atoms with van der Waals surface area (Å²) in [6.07, 6.45) is 3.86. The molecule has 0 atom stereocenters. The van der Waals surface area contributed by atoms with Gasteiger partial charge in [0.25, 0.3) is 0 Å². The maximum absolute atomic E-state index is 12.5. The molecule has 147 valence electrons. The standard InChI is InChI=1S/C21H31N4O2/c1-17-2-4-19(5-3-17)16-20(26)24-12-14-25(15-13-24)21(27)23-11-8-18-6-9-22-10-7-18/h2-5,18,22H,1,6-16H2,(H,23,27). The highest BCUT2D eigenvalue weighted by Gasteiger charge is 2.24. The topological polar surface area (TPSA) is 64.7 Å². The van der Waals surface area contributed by atoms with Crippen LogP contribution in [0.15, 0.2) is 24.3 Å². The molecule has 0 unspecified atom stereocenters. The molecule has 0 aromatic heterocycles. The zero-order valence-electron chi connectivity index (χ0n) is 16.1. The van der Waals surface area contributed by atoms with Crippen LogP contribution in [-0.2, 0) is 11.2 Å². The van der Waals surface area contributed by atoms with Gasteiger partial charge in [0.15, 0.2) is 0 Å². The predicted molar refractivity (Wildman–Crippen MR) is 106 cm³/mol. The number of nitrogens with zero attached hydrogens (tertiary/aromatic N) is 2. The third-order valence-electron chi connectivity index (χ3n) is 5.59. The van der Waals surface area contributed by atoms with Gasteiger partial charge >= 0.3 is 6.03 Å². The highest BCUT2D eigenvalue weighted by molar-refractivity contribution is 5.79. The van der Waals surface area contributed by atoms with Gasteiger partial charge in [0, 0.05) is 32.7 Å². The van der Waals surface area contributed by atoms with Gasteiger partial charge in [-0.15, -0.1) is 0 Å². The molecule has 2 fully saturated rings. The van der Waals surface area contributed by atoms with Crippen molar-refractivity contribution in [1.82, 2.24) is 20.4 Å². The van der Waals surface area contributed by atoms with Crippen molar-refractivity contribution in [3.8, 4) is 0 Å². The van der Waals surface area contributed by atoms with E-state index < -0.39 is 0 Å². The number of urea groups is 1. The zero-order valence-corrected chi connectivity index (χ0v) is 16.1. The van der Waals surface area contributed by atoms with E-state index in [4.69, 9.17) is 0 Å².